The number of anilines is 1. The van der Waals surface area contributed by atoms with E-state index in [-0.39, 0.29) is 11.9 Å². The van der Waals surface area contributed by atoms with Gasteiger partial charge in [-0.2, -0.15) is 0 Å². The number of aromatic nitrogens is 1. The molecule has 1 aliphatic rings. The number of para-hydroxylation sites is 1. The van der Waals surface area contributed by atoms with Gasteiger partial charge in [-0.15, -0.1) is 0 Å². The van der Waals surface area contributed by atoms with Crippen molar-refractivity contribution in [1.82, 2.24) is 4.98 Å². The maximum Gasteiger partial charge on any atom is 0.306 e. The van der Waals surface area contributed by atoms with Gasteiger partial charge in [-0.3, -0.25) is 4.79 Å². The standard InChI is InChI=1S/C27H30N2O4/c1-3-31-27(30)17-21-16-20-9-10-22(18-25(20)33-24-8-5-4-7-23(21)24)32-14-6-12-28-26-15-19(2)11-13-29-26/h4-5,7-11,13,15,18,21H,3,6,12,14,16-17H2,1-2H3,(H,28,29). The van der Waals surface area contributed by atoms with Gasteiger partial charge in [0.05, 0.1) is 19.6 Å². The van der Waals surface area contributed by atoms with Crippen LogP contribution in [0.3, 0.4) is 0 Å². The van der Waals surface area contributed by atoms with Crippen molar-refractivity contribution in [2.24, 2.45) is 0 Å². The normalized spacial score (nSPS) is 14.3. The fourth-order valence-corrected chi connectivity index (χ4v) is 4.01. The van der Waals surface area contributed by atoms with Crippen molar-refractivity contribution in [3.63, 3.8) is 0 Å². The summed E-state index contributed by atoms with van der Waals surface area (Å²) in [5, 5.41) is 3.32. The first-order valence-corrected chi connectivity index (χ1v) is 11.5. The first-order chi connectivity index (χ1) is 16.1. The van der Waals surface area contributed by atoms with Crippen LogP contribution >= 0.6 is 0 Å². The number of benzene rings is 2. The van der Waals surface area contributed by atoms with E-state index in [1.54, 1.807) is 6.20 Å². The summed E-state index contributed by atoms with van der Waals surface area (Å²) in [5.74, 6) is 3.02. The SMILES string of the molecule is CCOC(=O)CC1Cc2ccc(OCCCNc3cc(C)ccn3)cc2Oc2ccccc21. The zero-order valence-electron chi connectivity index (χ0n) is 19.2. The number of carbonyl (C=O) groups is 1. The molecular weight excluding hydrogens is 416 g/mol. The lowest BCUT2D eigenvalue weighted by molar-refractivity contribution is -0.143. The van der Waals surface area contributed by atoms with Crippen LogP contribution in [0.25, 0.3) is 0 Å². The number of pyridine rings is 1. The third-order valence-corrected chi connectivity index (χ3v) is 5.61. The van der Waals surface area contributed by atoms with E-state index in [4.69, 9.17) is 14.2 Å². The van der Waals surface area contributed by atoms with Crippen LogP contribution in [0.2, 0.25) is 0 Å². The highest BCUT2D eigenvalue weighted by Crippen LogP contribution is 2.42. The Labute approximate surface area is 194 Å². The largest absolute Gasteiger partial charge is 0.493 e. The van der Waals surface area contributed by atoms with E-state index in [1.165, 1.54) is 5.56 Å². The van der Waals surface area contributed by atoms with Crippen molar-refractivity contribution in [2.45, 2.75) is 39.0 Å². The lowest BCUT2D eigenvalue weighted by atomic mass is 9.89. The number of hydrogen-bond acceptors (Lipinski definition) is 6. The van der Waals surface area contributed by atoms with E-state index in [9.17, 15) is 4.79 Å². The van der Waals surface area contributed by atoms with Crippen LogP contribution in [-0.4, -0.2) is 30.7 Å². The summed E-state index contributed by atoms with van der Waals surface area (Å²) in [6, 6.07) is 17.8. The molecular formula is C27H30N2O4. The quantitative estimate of drug-likeness (QED) is 0.338. The zero-order chi connectivity index (χ0) is 23.0. The summed E-state index contributed by atoms with van der Waals surface area (Å²) >= 11 is 0. The summed E-state index contributed by atoms with van der Waals surface area (Å²) in [6.45, 7) is 5.63. The Morgan fingerprint density at radius 1 is 1.15 bits per heavy atom. The number of nitrogens with zero attached hydrogens (tertiary/aromatic N) is 1. The Bertz CT molecular complexity index is 1100. The van der Waals surface area contributed by atoms with E-state index < -0.39 is 0 Å². The van der Waals surface area contributed by atoms with Crippen LogP contribution in [0.5, 0.6) is 17.2 Å². The first-order valence-electron chi connectivity index (χ1n) is 11.5. The van der Waals surface area contributed by atoms with Crippen molar-refractivity contribution >= 4 is 11.8 Å². The second-order valence-corrected chi connectivity index (χ2v) is 8.17. The molecule has 0 radical (unpaired) electrons. The van der Waals surface area contributed by atoms with E-state index in [0.717, 1.165) is 47.2 Å². The number of esters is 1. The van der Waals surface area contributed by atoms with E-state index >= 15 is 0 Å². The lowest BCUT2D eigenvalue weighted by Gasteiger charge is -2.15. The van der Waals surface area contributed by atoms with Gasteiger partial charge in [0.1, 0.15) is 23.1 Å². The van der Waals surface area contributed by atoms with Gasteiger partial charge in [-0.25, -0.2) is 4.98 Å². The minimum Gasteiger partial charge on any atom is -0.493 e. The summed E-state index contributed by atoms with van der Waals surface area (Å²) in [6.07, 6.45) is 3.69. The van der Waals surface area contributed by atoms with Gasteiger partial charge in [-0.1, -0.05) is 24.3 Å². The fourth-order valence-electron chi connectivity index (χ4n) is 4.01. The molecule has 3 aromatic rings. The molecule has 1 aliphatic heterocycles. The molecule has 0 saturated heterocycles. The topological polar surface area (TPSA) is 69.7 Å². The lowest BCUT2D eigenvalue weighted by Crippen LogP contribution is -2.12. The Hall–Kier alpha value is -3.54. The van der Waals surface area contributed by atoms with E-state index in [1.807, 2.05) is 68.4 Å². The predicted octanol–water partition coefficient (Wildman–Crippen LogP) is 5.66. The highest BCUT2D eigenvalue weighted by molar-refractivity contribution is 5.71. The molecule has 0 spiro atoms. The van der Waals surface area contributed by atoms with Gasteiger partial charge in [0, 0.05) is 24.7 Å². The minimum atomic E-state index is -0.185. The third kappa shape index (κ3) is 6.04. The van der Waals surface area contributed by atoms with Crippen LogP contribution < -0.4 is 14.8 Å². The number of fused-ring (bicyclic) bond motifs is 2. The molecule has 0 saturated carbocycles. The van der Waals surface area contributed by atoms with Crippen LogP contribution in [-0.2, 0) is 16.0 Å². The predicted molar refractivity (Wildman–Crippen MR) is 128 cm³/mol. The second kappa shape index (κ2) is 10.9. The van der Waals surface area contributed by atoms with Crippen molar-refractivity contribution in [2.75, 3.05) is 25.1 Å². The number of carbonyl (C=O) groups excluding carboxylic acids is 1. The van der Waals surface area contributed by atoms with Gasteiger partial charge < -0.3 is 19.5 Å². The maximum atomic E-state index is 12.2. The molecule has 0 bridgehead atoms. The van der Waals surface area contributed by atoms with Gasteiger partial charge in [0.2, 0.25) is 0 Å². The molecule has 1 unspecified atom stereocenters. The van der Waals surface area contributed by atoms with Gasteiger partial charge in [0.15, 0.2) is 0 Å². The molecule has 6 heteroatoms. The molecule has 6 nitrogen and oxygen atoms in total. The summed E-state index contributed by atoms with van der Waals surface area (Å²) in [5.41, 5.74) is 3.26. The van der Waals surface area contributed by atoms with Crippen LogP contribution in [0.1, 0.15) is 42.4 Å². The molecule has 33 heavy (non-hydrogen) atoms. The highest BCUT2D eigenvalue weighted by atomic mass is 16.5. The molecule has 0 amide bonds. The fraction of sp³-hybridized carbons (Fsp3) is 0.333. The molecule has 1 aromatic heterocycles. The van der Waals surface area contributed by atoms with Crippen molar-refractivity contribution < 1.29 is 19.0 Å². The summed E-state index contributed by atoms with van der Waals surface area (Å²) < 4.78 is 17.4. The molecule has 4 rings (SSSR count). The van der Waals surface area contributed by atoms with Gasteiger partial charge in [-0.05, 0) is 67.6 Å². The molecule has 0 aliphatic carbocycles. The Balaban J connectivity index is 1.38. The second-order valence-electron chi connectivity index (χ2n) is 8.17. The number of rotatable bonds is 9. The Kier molecular flexibility index (Phi) is 7.45. The van der Waals surface area contributed by atoms with Crippen LogP contribution in [0.15, 0.2) is 60.8 Å². The zero-order valence-corrected chi connectivity index (χ0v) is 19.2. The van der Waals surface area contributed by atoms with Crippen molar-refractivity contribution in [3.8, 4) is 17.2 Å². The van der Waals surface area contributed by atoms with E-state index in [0.29, 0.717) is 26.1 Å². The monoisotopic (exact) mass is 446 g/mol. The number of aryl methyl sites for hydroxylation is 1. The van der Waals surface area contributed by atoms with Gasteiger partial charge in [0.25, 0.3) is 0 Å². The van der Waals surface area contributed by atoms with E-state index in [2.05, 4.69) is 10.3 Å². The van der Waals surface area contributed by atoms with Crippen LogP contribution in [0.4, 0.5) is 5.82 Å². The average Bonchev–Trinajstić information content (AvgIpc) is 2.95. The molecule has 1 N–H and O–H groups in total. The maximum absolute atomic E-state index is 12.2. The number of hydrogen-bond donors (Lipinski definition) is 1. The van der Waals surface area contributed by atoms with Gasteiger partial charge >= 0.3 is 5.97 Å². The Morgan fingerprint density at radius 3 is 2.88 bits per heavy atom. The first kappa shape index (κ1) is 22.6. The number of ether oxygens (including phenoxy) is 3. The molecule has 0 fully saturated rings. The van der Waals surface area contributed by atoms with Crippen molar-refractivity contribution in [1.29, 1.82) is 0 Å². The van der Waals surface area contributed by atoms with Crippen LogP contribution in [0, 0.1) is 6.92 Å². The molecule has 172 valence electrons. The minimum absolute atomic E-state index is 0.00887. The summed E-state index contributed by atoms with van der Waals surface area (Å²) in [7, 11) is 0. The number of nitrogens with one attached hydrogen (secondary N) is 1. The molecule has 1 atom stereocenters. The summed E-state index contributed by atoms with van der Waals surface area (Å²) in [4.78, 5) is 16.5. The third-order valence-electron chi connectivity index (χ3n) is 5.61. The smallest absolute Gasteiger partial charge is 0.306 e. The molecule has 2 heterocycles. The highest BCUT2D eigenvalue weighted by Gasteiger charge is 2.26. The molecule has 2 aromatic carbocycles. The average molecular weight is 447 g/mol. The Morgan fingerprint density at radius 2 is 2.03 bits per heavy atom. The van der Waals surface area contributed by atoms with Crippen molar-refractivity contribution in [3.05, 3.63) is 77.5 Å².